The van der Waals surface area contributed by atoms with E-state index in [1.807, 2.05) is 12.1 Å². The highest BCUT2D eigenvalue weighted by atomic mass is 16.1. The SMILES string of the molecule is CCCN(CCC)c1ccc(NC(=O)CN)cn1. The minimum absolute atomic E-state index is 0.0143. The quantitative estimate of drug-likeness (QED) is 0.771. The third-order valence-electron chi connectivity index (χ3n) is 2.53. The van der Waals surface area contributed by atoms with E-state index >= 15 is 0 Å². The van der Waals surface area contributed by atoms with Gasteiger partial charge in [-0.1, -0.05) is 13.8 Å². The lowest BCUT2D eigenvalue weighted by Crippen LogP contribution is -2.26. The molecule has 0 unspecified atom stereocenters. The Labute approximate surface area is 108 Å². The van der Waals surface area contributed by atoms with Crippen LogP contribution >= 0.6 is 0 Å². The van der Waals surface area contributed by atoms with Gasteiger partial charge in [-0.25, -0.2) is 4.98 Å². The lowest BCUT2D eigenvalue weighted by atomic mass is 10.3. The van der Waals surface area contributed by atoms with Crippen LogP contribution in [0.3, 0.4) is 0 Å². The van der Waals surface area contributed by atoms with Gasteiger partial charge in [0.25, 0.3) is 0 Å². The Balaban J connectivity index is 2.70. The third-order valence-corrected chi connectivity index (χ3v) is 2.53. The van der Waals surface area contributed by atoms with Crippen molar-refractivity contribution in [1.82, 2.24) is 4.98 Å². The first kappa shape index (κ1) is 14.4. The van der Waals surface area contributed by atoms with Crippen molar-refractivity contribution in [3.63, 3.8) is 0 Å². The van der Waals surface area contributed by atoms with Crippen LogP contribution in [0.2, 0.25) is 0 Å². The van der Waals surface area contributed by atoms with Crippen molar-refractivity contribution in [3.05, 3.63) is 18.3 Å². The molecule has 0 aliphatic heterocycles. The minimum atomic E-state index is -0.205. The van der Waals surface area contributed by atoms with Crippen LogP contribution < -0.4 is 16.0 Å². The van der Waals surface area contributed by atoms with Gasteiger partial charge in [0.1, 0.15) is 5.82 Å². The van der Waals surface area contributed by atoms with E-state index in [9.17, 15) is 4.79 Å². The molecule has 5 nitrogen and oxygen atoms in total. The van der Waals surface area contributed by atoms with Crippen molar-refractivity contribution in [2.75, 3.05) is 29.9 Å². The maximum Gasteiger partial charge on any atom is 0.238 e. The second-order valence-electron chi connectivity index (χ2n) is 4.14. The largest absolute Gasteiger partial charge is 0.357 e. The summed E-state index contributed by atoms with van der Waals surface area (Å²) in [7, 11) is 0. The number of carbonyl (C=O) groups is 1. The van der Waals surface area contributed by atoms with Crippen molar-refractivity contribution in [1.29, 1.82) is 0 Å². The molecule has 0 fully saturated rings. The van der Waals surface area contributed by atoms with Gasteiger partial charge in [-0.05, 0) is 25.0 Å². The van der Waals surface area contributed by atoms with Gasteiger partial charge in [-0.3, -0.25) is 4.79 Å². The van der Waals surface area contributed by atoms with Gasteiger partial charge in [0.05, 0.1) is 18.4 Å². The zero-order valence-corrected chi connectivity index (χ0v) is 11.1. The summed E-state index contributed by atoms with van der Waals surface area (Å²) in [6, 6.07) is 3.78. The number of rotatable bonds is 7. The molecule has 1 rings (SSSR count). The molecular weight excluding hydrogens is 228 g/mol. The first-order valence-electron chi connectivity index (χ1n) is 6.42. The summed E-state index contributed by atoms with van der Waals surface area (Å²) in [5.74, 6) is 0.743. The van der Waals surface area contributed by atoms with E-state index in [4.69, 9.17) is 5.73 Å². The molecule has 1 heterocycles. The van der Waals surface area contributed by atoms with Gasteiger partial charge in [-0.15, -0.1) is 0 Å². The molecule has 0 bridgehead atoms. The molecule has 0 aromatic carbocycles. The Bertz CT molecular complexity index is 358. The first-order valence-corrected chi connectivity index (χ1v) is 6.42. The summed E-state index contributed by atoms with van der Waals surface area (Å²) < 4.78 is 0. The molecular formula is C13H22N4O. The lowest BCUT2D eigenvalue weighted by Gasteiger charge is -2.22. The summed E-state index contributed by atoms with van der Waals surface area (Å²) in [4.78, 5) is 17.7. The summed E-state index contributed by atoms with van der Waals surface area (Å²) in [5, 5.41) is 2.68. The molecule has 100 valence electrons. The number of hydrogen-bond donors (Lipinski definition) is 2. The van der Waals surface area contributed by atoms with E-state index in [1.54, 1.807) is 6.20 Å². The standard InChI is InChI=1S/C13H22N4O/c1-3-7-17(8-4-2)12-6-5-11(10-15-12)16-13(18)9-14/h5-6,10H,3-4,7-9,14H2,1-2H3,(H,16,18). The second kappa shape index (κ2) is 7.66. The maximum absolute atomic E-state index is 11.1. The molecule has 0 atom stereocenters. The Morgan fingerprint density at radius 3 is 2.44 bits per heavy atom. The highest BCUT2D eigenvalue weighted by molar-refractivity contribution is 5.91. The predicted octanol–water partition coefficient (Wildman–Crippen LogP) is 1.61. The van der Waals surface area contributed by atoms with E-state index in [1.165, 1.54) is 0 Å². The summed E-state index contributed by atoms with van der Waals surface area (Å²) in [6.07, 6.45) is 3.85. The van der Waals surface area contributed by atoms with Gasteiger partial charge >= 0.3 is 0 Å². The zero-order chi connectivity index (χ0) is 13.4. The number of anilines is 2. The molecule has 1 amide bonds. The summed E-state index contributed by atoms with van der Waals surface area (Å²) >= 11 is 0. The Kier molecular flexibility index (Phi) is 6.14. The van der Waals surface area contributed by atoms with Crippen molar-refractivity contribution in [3.8, 4) is 0 Å². The molecule has 0 radical (unpaired) electrons. The van der Waals surface area contributed by atoms with Gasteiger partial charge in [0.15, 0.2) is 0 Å². The van der Waals surface area contributed by atoms with Crippen molar-refractivity contribution < 1.29 is 4.79 Å². The van der Waals surface area contributed by atoms with E-state index in [-0.39, 0.29) is 12.5 Å². The average molecular weight is 250 g/mol. The molecule has 0 spiro atoms. The first-order chi connectivity index (χ1) is 8.71. The van der Waals surface area contributed by atoms with E-state index < -0.39 is 0 Å². The van der Waals surface area contributed by atoms with Crippen LogP contribution in [0.25, 0.3) is 0 Å². The number of hydrogen-bond acceptors (Lipinski definition) is 4. The van der Waals surface area contributed by atoms with Crippen LogP contribution in [0.5, 0.6) is 0 Å². The Hall–Kier alpha value is -1.62. The van der Waals surface area contributed by atoms with Crippen molar-refractivity contribution in [2.45, 2.75) is 26.7 Å². The number of amides is 1. The fraction of sp³-hybridized carbons (Fsp3) is 0.538. The predicted molar refractivity (Wildman–Crippen MR) is 74.7 cm³/mol. The van der Waals surface area contributed by atoms with Crippen LogP contribution in [0.4, 0.5) is 11.5 Å². The summed E-state index contributed by atoms with van der Waals surface area (Å²) in [5.41, 5.74) is 5.92. The van der Waals surface area contributed by atoms with Crippen LogP contribution in [-0.4, -0.2) is 30.5 Å². The van der Waals surface area contributed by atoms with Crippen LogP contribution in [0.15, 0.2) is 18.3 Å². The molecule has 0 aliphatic rings. The van der Waals surface area contributed by atoms with Crippen LogP contribution in [0, 0.1) is 0 Å². The van der Waals surface area contributed by atoms with Crippen LogP contribution in [-0.2, 0) is 4.79 Å². The smallest absolute Gasteiger partial charge is 0.238 e. The number of aromatic nitrogens is 1. The summed E-state index contributed by atoms with van der Waals surface area (Å²) in [6.45, 7) is 6.28. The second-order valence-corrected chi connectivity index (χ2v) is 4.14. The van der Waals surface area contributed by atoms with Crippen molar-refractivity contribution in [2.24, 2.45) is 5.73 Å². The molecule has 0 saturated carbocycles. The topological polar surface area (TPSA) is 71.2 Å². The van der Waals surface area contributed by atoms with Crippen LogP contribution in [0.1, 0.15) is 26.7 Å². The van der Waals surface area contributed by atoms with Crippen molar-refractivity contribution >= 4 is 17.4 Å². The Morgan fingerprint density at radius 2 is 2.00 bits per heavy atom. The molecule has 1 aromatic rings. The molecule has 0 aliphatic carbocycles. The zero-order valence-electron chi connectivity index (χ0n) is 11.1. The third kappa shape index (κ3) is 4.33. The number of nitrogens with one attached hydrogen (secondary N) is 1. The van der Waals surface area contributed by atoms with Gasteiger partial charge in [0, 0.05) is 13.1 Å². The minimum Gasteiger partial charge on any atom is -0.357 e. The molecule has 3 N–H and O–H groups in total. The highest BCUT2D eigenvalue weighted by Crippen LogP contribution is 2.14. The van der Waals surface area contributed by atoms with E-state index in [2.05, 4.69) is 29.0 Å². The molecule has 5 heteroatoms. The molecule has 1 aromatic heterocycles. The highest BCUT2D eigenvalue weighted by Gasteiger charge is 2.06. The Morgan fingerprint density at radius 1 is 1.33 bits per heavy atom. The monoisotopic (exact) mass is 250 g/mol. The lowest BCUT2D eigenvalue weighted by molar-refractivity contribution is -0.114. The van der Waals surface area contributed by atoms with E-state index in [0.29, 0.717) is 5.69 Å². The number of nitrogens with two attached hydrogens (primary N) is 1. The normalized spacial score (nSPS) is 10.2. The fourth-order valence-corrected chi connectivity index (χ4v) is 1.74. The fourth-order valence-electron chi connectivity index (χ4n) is 1.74. The van der Waals surface area contributed by atoms with Gasteiger partial charge < -0.3 is 16.0 Å². The molecule has 0 saturated heterocycles. The molecule has 18 heavy (non-hydrogen) atoms. The number of nitrogens with zero attached hydrogens (tertiary/aromatic N) is 2. The maximum atomic E-state index is 11.1. The average Bonchev–Trinajstić information content (AvgIpc) is 2.39. The van der Waals surface area contributed by atoms with Gasteiger partial charge in [-0.2, -0.15) is 0 Å². The number of carbonyl (C=O) groups excluding carboxylic acids is 1. The number of pyridine rings is 1. The van der Waals surface area contributed by atoms with E-state index in [0.717, 1.165) is 31.7 Å². The van der Waals surface area contributed by atoms with Gasteiger partial charge in [0.2, 0.25) is 5.91 Å².